The molecule has 4 rings (SSSR count). The van der Waals surface area contributed by atoms with E-state index < -0.39 is 29.9 Å². The lowest BCUT2D eigenvalue weighted by Crippen LogP contribution is -2.53. The largest absolute Gasteiger partial charge is 0.480 e. The molecule has 20 heteroatoms. The molecule has 0 aromatic heterocycles. The lowest BCUT2D eigenvalue weighted by molar-refractivity contribution is -0.142. The SMILES string of the molecule is CN(CC(=O)Nc1ccc(CC2CN(CC(=O)O)CCN(CC(=O)O)CCN(CC(=O)O)CCN2CC(=O)O)cc1)C(=O)CCCC[C@@H]1SC[C@@H]2NC(=O)N[C@@H]21. The number of urea groups is 1. The fourth-order valence-electron chi connectivity index (χ4n) is 7.31. The van der Waals surface area contributed by atoms with Crippen LogP contribution >= 0.6 is 11.8 Å². The molecule has 0 saturated carbocycles. The third kappa shape index (κ3) is 14.9. The Morgan fingerprint density at radius 2 is 1.36 bits per heavy atom. The Balaban J connectivity index is 1.35. The van der Waals surface area contributed by atoms with Crippen LogP contribution in [0.25, 0.3) is 0 Å². The van der Waals surface area contributed by atoms with E-state index in [-0.39, 0.29) is 108 Å². The number of carboxylic acids is 4. The highest BCUT2D eigenvalue weighted by Gasteiger charge is 2.42. The highest BCUT2D eigenvalue weighted by atomic mass is 32.2. The first-order valence-corrected chi connectivity index (χ1v) is 19.8. The maximum atomic E-state index is 12.9. The van der Waals surface area contributed by atoms with E-state index in [1.165, 1.54) is 4.90 Å². The molecule has 3 aliphatic heterocycles. The van der Waals surface area contributed by atoms with Gasteiger partial charge in [-0.1, -0.05) is 18.6 Å². The average Bonchev–Trinajstić information content (AvgIpc) is 3.67. The molecule has 0 spiro atoms. The number of carboxylic acid groups (broad SMARTS) is 4. The summed E-state index contributed by atoms with van der Waals surface area (Å²) >= 11 is 1.83. The summed E-state index contributed by atoms with van der Waals surface area (Å²) in [6.07, 6.45) is 2.98. The Kier molecular flexibility index (Phi) is 17.1. The monoisotopic (exact) mass is 806 g/mol. The second-order valence-corrected chi connectivity index (χ2v) is 15.8. The number of amides is 4. The van der Waals surface area contributed by atoms with E-state index in [2.05, 4.69) is 16.0 Å². The Hall–Kier alpha value is -4.50. The number of thioether (sulfide) groups is 1. The van der Waals surface area contributed by atoms with Crippen molar-refractivity contribution in [3.63, 3.8) is 0 Å². The van der Waals surface area contributed by atoms with Gasteiger partial charge in [-0.25, -0.2) is 4.79 Å². The molecule has 0 bridgehead atoms. The van der Waals surface area contributed by atoms with Crippen molar-refractivity contribution in [2.75, 3.05) is 96.7 Å². The van der Waals surface area contributed by atoms with Crippen molar-refractivity contribution in [1.29, 1.82) is 0 Å². The summed E-state index contributed by atoms with van der Waals surface area (Å²) in [4.78, 5) is 92.3. The first-order valence-electron chi connectivity index (χ1n) is 18.7. The molecule has 3 aliphatic rings. The van der Waals surface area contributed by atoms with Crippen molar-refractivity contribution in [2.45, 2.75) is 55.5 Å². The number of nitrogens with zero attached hydrogens (tertiary/aromatic N) is 5. The predicted molar refractivity (Wildman–Crippen MR) is 206 cm³/mol. The standard InChI is InChI=1S/C36H54N8O11S/c1-40(30(46)5-3-2-4-28-35-27(23-56-28)38-36(55)39-35)18-29(45)37-25-8-6-24(7-9-25)16-26-17-43(21-33(51)52)13-12-41(19-31(47)48)10-11-42(20-32(49)50)14-15-44(26)22-34(53)54/h6-9,26-28,35H,2-5,10-23H2,1H3,(H,37,45)(H,47,48)(H,49,50)(H,51,52)(H,53,54)(H2,38,39,55)/t26?,27-,28-,35-/m0/s1. The van der Waals surface area contributed by atoms with Gasteiger partial charge in [-0.05, 0) is 37.0 Å². The van der Waals surface area contributed by atoms with E-state index in [1.807, 2.05) is 11.8 Å². The van der Waals surface area contributed by atoms with Crippen LogP contribution in [0, 0.1) is 0 Å². The first kappa shape index (κ1) is 44.2. The van der Waals surface area contributed by atoms with Gasteiger partial charge >= 0.3 is 29.9 Å². The van der Waals surface area contributed by atoms with Crippen LogP contribution in [0.5, 0.6) is 0 Å². The van der Waals surface area contributed by atoms with Crippen LogP contribution in [0.1, 0.15) is 31.2 Å². The summed E-state index contributed by atoms with van der Waals surface area (Å²) in [6.45, 7) is -0.240. The number of carbonyl (C=O) groups is 7. The zero-order chi connectivity index (χ0) is 40.8. The van der Waals surface area contributed by atoms with E-state index in [1.54, 1.807) is 50.9 Å². The van der Waals surface area contributed by atoms with Gasteiger partial charge in [0.2, 0.25) is 11.8 Å². The van der Waals surface area contributed by atoms with Crippen molar-refractivity contribution < 1.29 is 54.0 Å². The Morgan fingerprint density at radius 1 is 0.786 bits per heavy atom. The van der Waals surface area contributed by atoms with E-state index in [9.17, 15) is 54.0 Å². The molecule has 3 saturated heterocycles. The topological polar surface area (TPSA) is 253 Å². The van der Waals surface area contributed by atoms with Gasteiger partial charge in [-0.3, -0.25) is 48.4 Å². The average molecular weight is 807 g/mol. The summed E-state index contributed by atoms with van der Waals surface area (Å²) in [5, 5.41) is 47.5. The van der Waals surface area contributed by atoms with Gasteiger partial charge in [0.15, 0.2) is 0 Å². The van der Waals surface area contributed by atoms with Crippen LogP contribution in [-0.2, 0) is 35.2 Å². The molecule has 1 aromatic carbocycles. The number of rotatable bonds is 18. The van der Waals surface area contributed by atoms with Gasteiger partial charge in [0.25, 0.3) is 0 Å². The van der Waals surface area contributed by atoms with E-state index in [0.29, 0.717) is 30.2 Å². The fourth-order valence-corrected chi connectivity index (χ4v) is 8.86. The molecule has 4 atom stereocenters. The number of anilines is 1. The number of hydrogen-bond acceptors (Lipinski definition) is 12. The number of unbranched alkanes of at least 4 members (excludes halogenated alkanes) is 1. The molecule has 0 aliphatic carbocycles. The van der Waals surface area contributed by atoms with E-state index in [4.69, 9.17) is 0 Å². The Bertz CT molecular complexity index is 1550. The lowest BCUT2D eigenvalue weighted by atomic mass is 10.0. The summed E-state index contributed by atoms with van der Waals surface area (Å²) < 4.78 is 0. The molecule has 1 unspecified atom stereocenters. The van der Waals surface area contributed by atoms with Gasteiger partial charge in [0, 0.05) is 82.0 Å². The number of hydrogen-bond donors (Lipinski definition) is 7. The first-order chi connectivity index (χ1) is 26.6. The third-order valence-electron chi connectivity index (χ3n) is 10.2. The number of fused-ring (bicyclic) bond motifs is 1. The Morgan fingerprint density at radius 3 is 1.96 bits per heavy atom. The quantitative estimate of drug-likeness (QED) is 0.0714. The van der Waals surface area contributed by atoms with Crippen LogP contribution in [0.4, 0.5) is 10.5 Å². The summed E-state index contributed by atoms with van der Waals surface area (Å²) in [5.41, 5.74) is 1.25. The zero-order valence-electron chi connectivity index (χ0n) is 31.6. The van der Waals surface area contributed by atoms with Crippen LogP contribution in [0.15, 0.2) is 24.3 Å². The molecule has 0 radical (unpaired) electrons. The van der Waals surface area contributed by atoms with E-state index in [0.717, 1.165) is 24.2 Å². The molecule has 1 aromatic rings. The maximum absolute atomic E-state index is 12.9. The number of carbonyl (C=O) groups excluding carboxylic acids is 3. The van der Waals surface area contributed by atoms with Gasteiger partial charge in [-0.15, -0.1) is 0 Å². The predicted octanol–water partition coefficient (Wildman–Crippen LogP) is -0.720. The number of likely N-dealkylation sites (N-methyl/N-ethyl adjacent to an activating group) is 1. The molecule has 3 fully saturated rings. The van der Waals surface area contributed by atoms with E-state index >= 15 is 0 Å². The van der Waals surface area contributed by atoms with Gasteiger partial charge < -0.3 is 41.3 Å². The molecule has 3 heterocycles. The van der Waals surface area contributed by atoms with Crippen LogP contribution < -0.4 is 16.0 Å². The highest BCUT2D eigenvalue weighted by molar-refractivity contribution is 8.00. The molecule has 4 amide bonds. The van der Waals surface area contributed by atoms with Crippen molar-refractivity contribution in [2.24, 2.45) is 0 Å². The van der Waals surface area contributed by atoms with Gasteiger partial charge in [-0.2, -0.15) is 11.8 Å². The van der Waals surface area contributed by atoms with Crippen LogP contribution in [-0.4, -0.2) is 201 Å². The Labute approximate surface area is 329 Å². The van der Waals surface area contributed by atoms with Gasteiger partial charge in [0.1, 0.15) is 0 Å². The number of benzene rings is 1. The third-order valence-corrected chi connectivity index (χ3v) is 11.7. The lowest BCUT2D eigenvalue weighted by Gasteiger charge is -2.37. The zero-order valence-corrected chi connectivity index (χ0v) is 32.5. The van der Waals surface area contributed by atoms with Crippen molar-refractivity contribution in [1.82, 2.24) is 35.1 Å². The van der Waals surface area contributed by atoms with Crippen LogP contribution in [0.3, 0.4) is 0 Å². The minimum atomic E-state index is -1.11. The van der Waals surface area contributed by atoms with Crippen LogP contribution in [0.2, 0.25) is 0 Å². The highest BCUT2D eigenvalue weighted by Crippen LogP contribution is 2.33. The molecule has 310 valence electrons. The summed E-state index contributed by atoms with van der Waals surface area (Å²) in [5.74, 6) is -4.01. The second-order valence-electron chi connectivity index (χ2n) is 14.6. The molecular formula is C36H54N8O11S. The fraction of sp³-hybridized carbons (Fsp3) is 0.639. The number of aliphatic carboxylic acids is 4. The van der Waals surface area contributed by atoms with Crippen molar-refractivity contribution >= 4 is 59.2 Å². The van der Waals surface area contributed by atoms with Crippen molar-refractivity contribution in [3.8, 4) is 0 Å². The molecule has 19 nitrogen and oxygen atoms in total. The normalized spacial score (nSPS) is 22.8. The maximum Gasteiger partial charge on any atom is 0.317 e. The number of nitrogens with one attached hydrogen (secondary N) is 3. The molecule has 7 N–H and O–H groups in total. The summed E-state index contributed by atoms with van der Waals surface area (Å²) in [7, 11) is 1.58. The minimum Gasteiger partial charge on any atom is -0.480 e. The smallest absolute Gasteiger partial charge is 0.317 e. The minimum absolute atomic E-state index is 0.118. The van der Waals surface area contributed by atoms with Gasteiger partial charge in [0.05, 0.1) is 44.8 Å². The van der Waals surface area contributed by atoms with Crippen molar-refractivity contribution in [3.05, 3.63) is 29.8 Å². The molecular weight excluding hydrogens is 753 g/mol. The second kappa shape index (κ2) is 21.7. The summed E-state index contributed by atoms with van der Waals surface area (Å²) in [6, 6.07) is 6.53. The molecule has 56 heavy (non-hydrogen) atoms.